The summed E-state index contributed by atoms with van der Waals surface area (Å²) in [7, 11) is 0. The Labute approximate surface area is 116 Å². The molecule has 4 heteroatoms. The number of amides is 1. The number of benzene rings is 1. The molecule has 0 aliphatic heterocycles. The summed E-state index contributed by atoms with van der Waals surface area (Å²) in [6.07, 6.45) is 0.317. The summed E-state index contributed by atoms with van der Waals surface area (Å²) in [4.78, 5) is 15.9. The van der Waals surface area contributed by atoms with Crippen molar-refractivity contribution in [3.63, 3.8) is 0 Å². The van der Waals surface area contributed by atoms with E-state index < -0.39 is 0 Å². The summed E-state index contributed by atoms with van der Waals surface area (Å²) in [6.45, 7) is 2.29. The Bertz CT molecular complexity index is 608. The molecule has 1 aromatic carbocycles. The number of rotatable bonds is 3. The van der Waals surface area contributed by atoms with Crippen LogP contribution < -0.4 is 5.32 Å². The van der Waals surface area contributed by atoms with Gasteiger partial charge in [-0.25, -0.2) is 4.98 Å². The molecule has 0 saturated carbocycles. The van der Waals surface area contributed by atoms with Crippen molar-refractivity contribution in [2.24, 2.45) is 0 Å². The molecule has 96 valence electrons. The highest BCUT2D eigenvalue weighted by Crippen LogP contribution is 2.07. The molecule has 2 rings (SSSR count). The quantitative estimate of drug-likeness (QED) is 0.868. The fourth-order valence-corrected chi connectivity index (χ4v) is 2.14. The molecule has 3 nitrogen and oxygen atoms in total. The van der Waals surface area contributed by atoms with Gasteiger partial charge in [0, 0.05) is 10.9 Å². The van der Waals surface area contributed by atoms with Crippen molar-refractivity contribution in [3.05, 3.63) is 52.0 Å². The van der Waals surface area contributed by atoms with E-state index in [1.165, 1.54) is 0 Å². The SMILES string of the molecule is Cc1nc(CC(=O)NCC#Cc2ccccc2)cs1. The van der Waals surface area contributed by atoms with Crippen molar-refractivity contribution in [1.29, 1.82) is 0 Å². The molecule has 0 spiro atoms. The summed E-state index contributed by atoms with van der Waals surface area (Å²) >= 11 is 1.55. The Morgan fingerprint density at radius 3 is 2.84 bits per heavy atom. The van der Waals surface area contributed by atoms with Crippen molar-refractivity contribution in [1.82, 2.24) is 10.3 Å². The average molecular weight is 270 g/mol. The first-order valence-electron chi connectivity index (χ1n) is 5.95. The Morgan fingerprint density at radius 2 is 2.16 bits per heavy atom. The van der Waals surface area contributed by atoms with E-state index >= 15 is 0 Å². The van der Waals surface area contributed by atoms with Gasteiger partial charge in [0.15, 0.2) is 0 Å². The molecule has 0 aliphatic rings. The molecule has 2 aromatic rings. The molecule has 19 heavy (non-hydrogen) atoms. The molecule has 1 N–H and O–H groups in total. The van der Waals surface area contributed by atoms with Crippen LogP contribution in [0.4, 0.5) is 0 Å². The van der Waals surface area contributed by atoms with Crippen LogP contribution in [0.2, 0.25) is 0 Å². The van der Waals surface area contributed by atoms with Gasteiger partial charge in [0.2, 0.25) is 5.91 Å². The Hall–Kier alpha value is -2.12. The lowest BCUT2D eigenvalue weighted by Crippen LogP contribution is -2.25. The summed E-state index contributed by atoms with van der Waals surface area (Å²) in [5.74, 6) is 5.87. The van der Waals surface area contributed by atoms with Crippen LogP contribution in [0.1, 0.15) is 16.3 Å². The van der Waals surface area contributed by atoms with Gasteiger partial charge in [-0.1, -0.05) is 30.0 Å². The lowest BCUT2D eigenvalue weighted by Gasteiger charge is -1.98. The second kappa shape index (κ2) is 6.72. The second-order valence-corrected chi connectivity index (χ2v) is 5.04. The monoisotopic (exact) mass is 270 g/mol. The number of hydrogen-bond acceptors (Lipinski definition) is 3. The number of carbonyl (C=O) groups is 1. The molecular formula is C15H14N2OS. The fourth-order valence-electron chi connectivity index (χ4n) is 1.53. The molecule has 0 unspecified atom stereocenters. The zero-order valence-corrected chi connectivity index (χ0v) is 11.5. The zero-order valence-electron chi connectivity index (χ0n) is 10.6. The highest BCUT2D eigenvalue weighted by atomic mass is 32.1. The number of aryl methyl sites for hydroxylation is 1. The fraction of sp³-hybridized carbons (Fsp3) is 0.200. The van der Waals surface area contributed by atoms with E-state index in [2.05, 4.69) is 22.1 Å². The highest BCUT2D eigenvalue weighted by Gasteiger charge is 2.04. The number of nitrogens with zero attached hydrogens (tertiary/aromatic N) is 1. The van der Waals surface area contributed by atoms with Gasteiger partial charge in [0.05, 0.1) is 23.7 Å². The molecule has 1 heterocycles. The van der Waals surface area contributed by atoms with Crippen molar-refractivity contribution in [3.8, 4) is 11.8 Å². The summed E-state index contributed by atoms with van der Waals surface area (Å²) < 4.78 is 0. The van der Waals surface area contributed by atoms with Crippen molar-refractivity contribution < 1.29 is 4.79 Å². The number of aromatic nitrogens is 1. The Kier molecular flexibility index (Phi) is 4.71. The van der Waals surface area contributed by atoms with E-state index in [4.69, 9.17) is 0 Å². The molecule has 0 atom stereocenters. The van der Waals surface area contributed by atoms with Crippen LogP contribution in [-0.2, 0) is 11.2 Å². The van der Waals surface area contributed by atoms with E-state index in [1.807, 2.05) is 42.6 Å². The minimum atomic E-state index is -0.0485. The minimum absolute atomic E-state index is 0.0485. The third-order valence-corrected chi connectivity index (χ3v) is 3.21. The van der Waals surface area contributed by atoms with Crippen LogP contribution in [-0.4, -0.2) is 17.4 Å². The predicted octanol–water partition coefficient (Wildman–Crippen LogP) is 2.16. The number of thiazole rings is 1. The van der Waals surface area contributed by atoms with E-state index in [0.29, 0.717) is 13.0 Å². The molecule has 0 radical (unpaired) electrons. The molecular weight excluding hydrogens is 256 g/mol. The summed E-state index contributed by atoms with van der Waals surface area (Å²) in [5.41, 5.74) is 1.77. The molecule has 0 aliphatic carbocycles. The molecule has 1 amide bonds. The maximum absolute atomic E-state index is 11.6. The van der Waals surface area contributed by atoms with Gasteiger partial charge in [0.25, 0.3) is 0 Å². The Balaban J connectivity index is 1.77. The summed E-state index contributed by atoms with van der Waals surface area (Å²) in [6, 6.07) is 9.70. The topological polar surface area (TPSA) is 42.0 Å². The van der Waals surface area contributed by atoms with E-state index in [1.54, 1.807) is 11.3 Å². The van der Waals surface area contributed by atoms with Gasteiger partial charge in [0.1, 0.15) is 0 Å². The van der Waals surface area contributed by atoms with Gasteiger partial charge < -0.3 is 5.32 Å². The second-order valence-electron chi connectivity index (χ2n) is 3.98. The maximum Gasteiger partial charge on any atom is 0.226 e. The molecule has 0 fully saturated rings. The number of hydrogen-bond donors (Lipinski definition) is 1. The third kappa shape index (κ3) is 4.57. The third-order valence-electron chi connectivity index (χ3n) is 2.39. The smallest absolute Gasteiger partial charge is 0.226 e. The Morgan fingerprint density at radius 1 is 1.37 bits per heavy atom. The number of nitrogens with one attached hydrogen (secondary N) is 1. The first-order valence-corrected chi connectivity index (χ1v) is 6.83. The van der Waals surface area contributed by atoms with E-state index in [0.717, 1.165) is 16.3 Å². The van der Waals surface area contributed by atoms with Crippen LogP contribution in [0, 0.1) is 18.8 Å². The van der Waals surface area contributed by atoms with Gasteiger partial charge in [-0.2, -0.15) is 0 Å². The van der Waals surface area contributed by atoms with Crippen LogP contribution >= 0.6 is 11.3 Å². The average Bonchev–Trinajstić information content (AvgIpc) is 2.81. The molecule has 0 saturated heterocycles. The van der Waals surface area contributed by atoms with E-state index in [-0.39, 0.29) is 5.91 Å². The van der Waals surface area contributed by atoms with Gasteiger partial charge >= 0.3 is 0 Å². The van der Waals surface area contributed by atoms with Gasteiger partial charge in [-0.15, -0.1) is 11.3 Å². The van der Waals surface area contributed by atoms with Gasteiger partial charge in [-0.05, 0) is 19.1 Å². The normalized spacial score (nSPS) is 9.53. The zero-order chi connectivity index (χ0) is 13.5. The lowest BCUT2D eigenvalue weighted by atomic mass is 10.2. The van der Waals surface area contributed by atoms with Crippen LogP contribution in [0.3, 0.4) is 0 Å². The van der Waals surface area contributed by atoms with Crippen molar-refractivity contribution >= 4 is 17.2 Å². The highest BCUT2D eigenvalue weighted by molar-refractivity contribution is 7.09. The van der Waals surface area contributed by atoms with Crippen LogP contribution in [0.25, 0.3) is 0 Å². The van der Waals surface area contributed by atoms with Crippen molar-refractivity contribution in [2.75, 3.05) is 6.54 Å². The van der Waals surface area contributed by atoms with E-state index in [9.17, 15) is 4.79 Å². The maximum atomic E-state index is 11.6. The van der Waals surface area contributed by atoms with Crippen molar-refractivity contribution in [2.45, 2.75) is 13.3 Å². The number of carbonyl (C=O) groups excluding carboxylic acids is 1. The predicted molar refractivity (Wildman–Crippen MR) is 76.9 cm³/mol. The standard InChI is InChI=1S/C15H14N2OS/c1-12-17-14(11-19-12)10-15(18)16-9-5-8-13-6-3-2-4-7-13/h2-4,6-7,11H,9-10H2,1H3,(H,16,18). The largest absolute Gasteiger partial charge is 0.345 e. The minimum Gasteiger partial charge on any atom is -0.345 e. The van der Waals surface area contributed by atoms with Gasteiger partial charge in [-0.3, -0.25) is 4.79 Å². The first kappa shape index (κ1) is 13.3. The lowest BCUT2D eigenvalue weighted by molar-refractivity contribution is -0.120. The molecule has 1 aromatic heterocycles. The first-order chi connectivity index (χ1) is 9.24. The van der Waals surface area contributed by atoms with Crippen LogP contribution in [0.5, 0.6) is 0 Å². The summed E-state index contributed by atoms with van der Waals surface area (Å²) in [5, 5.41) is 5.65. The molecule has 0 bridgehead atoms. The van der Waals surface area contributed by atoms with Crippen LogP contribution in [0.15, 0.2) is 35.7 Å².